The summed E-state index contributed by atoms with van der Waals surface area (Å²) in [7, 11) is 0. The van der Waals surface area contributed by atoms with Crippen molar-refractivity contribution >= 4 is 29.2 Å². The van der Waals surface area contributed by atoms with Gasteiger partial charge in [-0.05, 0) is 0 Å². The molecule has 1 saturated heterocycles. The lowest BCUT2D eigenvalue weighted by molar-refractivity contribution is 0.112. The molecule has 2 aromatic heterocycles. The number of carbonyl (C=O) groups excluding carboxylic acids is 1. The number of hydrogen-bond acceptors (Lipinski definition) is 8. The van der Waals surface area contributed by atoms with E-state index in [0.29, 0.717) is 54.5 Å². The number of morpholine rings is 1. The molecule has 126 valence electrons. The van der Waals surface area contributed by atoms with Gasteiger partial charge in [-0.15, -0.1) is 0 Å². The Morgan fingerprint density at radius 3 is 2.56 bits per heavy atom. The zero-order valence-corrected chi connectivity index (χ0v) is 13.4. The molecule has 25 heavy (non-hydrogen) atoms. The summed E-state index contributed by atoms with van der Waals surface area (Å²) in [6.07, 6.45) is 2.46. The fraction of sp³-hybridized carbons (Fsp3) is 0.235. The minimum atomic E-state index is 0.173. The topological polar surface area (TPSA) is 107 Å². The Morgan fingerprint density at radius 1 is 1.08 bits per heavy atom. The summed E-state index contributed by atoms with van der Waals surface area (Å²) < 4.78 is 5.40. The van der Waals surface area contributed by atoms with Crippen LogP contribution in [0.15, 0.2) is 30.5 Å². The van der Waals surface area contributed by atoms with Crippen LogP contribution < -0.4 is 10.6 Å². The number of nitrogens with two attached hydrogens (primary N) is 1. The molecule has 0 bridgehead atoms. The van der Waals surface area contributed by atoms with Gasteiger partial charge in [-0.2, -0.15) is 9.97 Å². The summed E-state index contributed by atoms with van der Waals surface area (Å²) >= 11 is 0. The number of rotatable bonds is 3. The molecule has 3 heterocycles. The van der Waals surface area contributed by atoms with Crippen molar-refractivity contribution in [1.82, 2.24) is 19.9 Å². The molecule has 0 unspecified atom stereocenters. The van der Waals surface area contributed by atoms with Gasteiger partial charge < -0.3 is 15.4 Å². The predicted molar refractivity (Wildman–Crippen MR) is 93.4 cm³/mol. The van der Waals surface area contributed by atoms with E-state index in [9.17, 15) is 4.79 Å². The molecule has 0 saturated carbocycles. The first-order valence-electron chi connectivity index (χ1n) is 7.93. The van der Waals surface area contributed by atoms with Gasteiger partial charge in [0.05, 0.1) is 25.1 Å². The van der Waals surface area contributed by atoms with Crippen molar-refractivity contribution in [2.24, 2.45) is 0 Å². The van der Waals surface area contributed by atoms with E-state index in [1.807, 2.05) is 12.1 Å². The van der Waals surface area contributed by atoms with Crippen LogP contribution in [0, 0.1) is 0 Å². The molecular formula is C17H16N6O2. The molecule has 8 nitrogen and oxygen atoms in total. The SMILES string of the molecule is Nc1nc(N2CCOCC2)c2nc(-c3ccc(C=O)cc3)cnc2n1. The third-order valence-corrected chi connectivity index (χ3v) is 4.06. The second-order valence-electron chi connectivity index (χ2n) is 5.67. The van der Waals surface area contributed by atoms with E-state index in [-0.39, 0.29) is 5.95 Å². The number of hydrogen-bond donors (Lipinski definition) is 1. The van der Waals surface area contributed by atoms with E-state index >= 15 is 0 Å². The summed E-state index contributed by atoms with van der Waals surface area (Å²) in [6, 6.07) is 7.17. The van der Waals surface area contributed by atoms with Gasteiger partial charge in [0.15, 0.2) is 17.0 Å². The molecular weight excluding hydrogens is 320 g/mol. The van der Waals surface area contributed by atoms with Crippen molar-refractivity contribution in [3.8, 4) is 11.3 Å². The highest BCUT2D eigenvalue weighted by molar-refractivity contribution is 5.86. The third-order valence-electron chi connectivity index (χ3n) is 4.06. The van der Waals surface area contributed by atoms with Crippen LogP contribution in [-0.4, -0.2) is 52.5 Å². The minimum Gasteiger partial charge on any atom is -0.378 e. The summed E-state index contributed by atoms with van der Waals surface area (Å²) in [4.78, 5) is 30.5. The number of benzene rings is 1. The van der Waals surface area contributed by atoms with E-state index in [2.05, 4.69) is 19.9 Å². The highest BCUT2D eigenvalue weighted by Gasteiger charge is 2.19. The molecule has 0 atom stereocenters. The van der Waals surface area contributed by atoms with Gasteiger partial charge in [0, 0.05) is 24.2 Å². The number of aldehydes is 1. The van der Waals surface area contributed by atoms with Crippen molar-refractivity contribution in [3.63, 3.8) is 0 Å². The maximum atomic E-state index is 10.8. The average Bonchev–Trinajstić information content (AvgIpc) is 2.68. The molecule has 1 aliphatic rings. The molecule has 1 fully saturated rings. The molecule has 0 spiro atoms. The fourth-order valence-corrected chi connectivity index (χ4v) is 2.78. The maximum Gasteiger partial charge on any atom is 0.224 e. The van der Waals surface area contributed by atoms with E-state index in [1.165, 1.54) is 0 Å². The highest BCUT2D eigenvalue weighted by atomic mass is 16.5. The van der Waals surface area contributed by atoms with Crippen LogP contribution in [0.3, 0.4) is 0 Å². The summed E-state index contributed by atoms with van der Waals surface area (Å²) in [5, 5.41) is 0. The molecule has 1 aliphatic heterocycles. The Hall–Kier alpha value is -3.13. The largest absolute Gasteiger partial charge is 0.378 e. The predicted octanol–water partition coefficient (Wildman–Crippen LogP) is 1.32. The monoisotopic (exact) mass is 336 g/mol. The average molecular weight is 336 g/mol. The second kappa shape index (κ2) is 6.40. The van der Waals surface area contributed by atoms with Gasteiger partial charge in [-0.3, -0.25) is 4.79 Å². The lowest BCUT2D eigenvalue weighted by Crippen LogP contribution is -2.37. The number of carbonyl (C=O) groups is 1. The molecule has 0 aliphatic carbocycles. The third kappa shape index (κ3) is 2.99. The van der Waals surface area contributed by atoms with Crippen molar-refractivity contribution in [2.45, 2.75) is 0 Å². The van der Waals surface area contributed by atoms with Crippen LogP contribution in [0.4, 0.5) is 11.8 Å². The molecule has 4 rings (SSSR count). The fourth-order valence-electron chi connectivity index (χ4n) is 2.78. The van der Waals surface area contributed by atoms with Gasteiger partial charge >= 0.3 is 0 Å². The first-order chi connectivity index (χ1) is 12.2. The summed E-state index contributed by atoms with van der Waals surface area (Å²) in [6.45, 7) is 2.69. The number of nitrogen functional groups attached to an aromatic ring is 1. The van der Waals surface area contributed by atoms with Crippen LogP contribution >= 0.6 is 0 Å². The Balaban J connectivity index is 1.82. The maximum absolute atomic E-state index is 10.8. The number of anilines is 2. The number of fused-ring (bicyclic) bond motifs is 1. The van der Waals surface area contributed by atoms with Crippen LogP contribution in [-0.2, 0) is 4.74 Å². The normalized spacial score (nSPS) is 14.6. The zero-order valence-electron chi connectivity index (χ0n) is 13.4. The Labute approximate surface area is 143 Å². The highest BCUT2D eigenvalue weighted by Crippen LogP contribution is 2.26. The number of ether oxygens (including phenoxy) is 1. The van der Waals surface area contributed by atoms with Crippen molar-refractivity contribution in [1.29, 1.82) is 0 Å². The molecule has 1 aromatic carbocycles. The number of aromatic nitrogens is 4. The standard InChI is InChI=1S/C17H16N6O2/c18-17-21-15-14(16(22-17)23-5-7-25-8-6-23)20-13(9-19-15)12-3-1-11(10-24)2-4-12/h1-4,9-10H,5-8H2,(H2,18,19,21,22). The lowest BCUT2D eigenvalue weighted by atomic mass is 10.1. The minimum absolute atomic E-state index is 0.173. The van der Waals surface area contributed by atoms with Crippen molar-refractivity contribution in [2.75, 3.05) is 36.9 Å². The van der Waals surface area contributed by atoms with Crippen LogP contribution in [0.1, 0.15) is 10.4 Å². The van der Waals surface area contributed by atoms with Gasteiger partial charge in [0.2, 0.25) is 5.95 Å². The Bertz CT molecular complexity index is 922. The molecule has 2 N–H and O–H groups in total. The molecule has 0 amide bonds. The van der Waals surface area contributed by atoms with E-state index in [4.69, 9.17) is 15.5 Å². The van der Waals surface area contributed by atoms with Crippen LogP contribution in [0.5, 0.6) is 0 Å². The summed E-state index contributed by atoms with van der Waals surface area (Å²) in [5.74, 6) is 0.844. The van der Waals surface area contributed by atoms with Gasteiger partial charge in [0.25, 0.3) is 0 Å². The van der Waals surface area contributed by atoms with Gasteiger partial charge in [-0.1, -0.05) is 24.3 Å². The Kier molecular flexibility index (Phi) is 3.95. The van der Waals surface area contributed by atoms with E-state index in [1.54, 1.807) is 18.3 Å². The quantitative estimate of drug-likeness (QED) is 0.714. The molecule has 0 radical (unpaired) electrons. The van der Waals surface area contributed by atoms with Gasteiger partial charge in [0.1, 0.15) is 6.29 Å². The van der Waals surface area contributed by atoms with E-state index in [0.717, 1.165) is 11.8 Å². The molecule has 3 aromatic rings. The van der Waals surface area contributed by atoms with Crippen LogP contribution in [0.25, 0.3) is 22.4 Å². The first-order valence-corrected chi connectivity index (χ1v) is 7.93. The second-order valence-corrected chi connectivity index (χ2v) is 5.67. The first kappa shape index (κ1) is 15.4. The lowest BCUT2D eigenvalue weighted by Gasteiger charge is -2.28. The van der Waals surface area contributed by atoms with E-state index < -0.39 is 0 Å². The van der Waals surface area contributed by atoms with Gasteiger partial charge in [-0.25, -0.2) is 9.97 Å². The smallest absolute Gasteiger partial charge is 0.224 e. The van der Waals surface area contributed by atoms with Crippen molar-refractivity contribution < 1.29 is 9.53 Å². The zero-order chi connectivity index (χ0) is 17.2. The Morgan fingerprint density at radius 2 is 1.84 bits per heavy atom. The number of nitrogens with zero attached hydrogens (tertiary/aromatic N) is 5. The van der Waals surface area contributed by atoms with Crippen LogP contribution in [0.2, 0.25) is 0 Å². The van der Waals surface area contributed by atoms with Crippen molar-refractivity contribution in [3.05, 3.63) is 36.0 Å². The summed E-state index contributed by atoms with van der Waals surface area (Å²) in [5.41, 5.74) is 9.06. The molecule has 8 heteroatoms.